The molecule has 1 aliphatic rings. The van der Waals surface area contributed by atoms with Gasteiger partial charge < -0.3 is 4.57 Å². The van der Waals surface area contributed by atoms with Crippen LogP contribution in [0.5, 0.6) is 0 Å². The maximum absolute atomic E-state index is 13.0. The molecule has 124 valence electrons. The van der Waals surface area contributed by atoms with E-state index in [2.05, 4.69) is 4.98 Å². The number of benzene rings is 1. The largest absolute Gasteiger partial charge is 0.334 e. The highest BCUT2D eigenvalue weighted by molar-refractivity contribution is 7.88. The molecule has 0 unspecified atom stereocenters. The Morgan fingerprint density at radius 2 is 2.04 bits per heavy atom. The van der Waals surface area contributed by atoms with Gasteiger partial charge in [0.15, 0.2) is 0 Å². The summed E-state index contributed by atoms with van der Waals surface area (Å²) in [6.45, 7) is 3.07. The van der Waals surface area contributed by atoms with Crippen LogP contribution in [-0.2, 0) is 22.3 Å². The van der Waals surface area contributed by atoms with Crippen LogP contribution >= 0.6 is 0 Å². The van der Waals surface area contributed by atoms with Crippen LogP contribution in [0.4, 0.5) is 4.39 Å². The van der Waals surface area contributed by atoms with Gasteiger partial charge in [-0.3, -0.25) is 0 Å². The van der Waals surface area contributed by atoms with Gasteiger partial charge >= 0.3 is 0 Å². The summed E-state index contributed by atoms with van der Waals surface area (Å²) in [5.41, 5.74) is 0.607. The molecular formula is C16H20FN3O2S. The lowest BCUT2D eigenvalue weighted by molar-refractivity contribution is 0.349. The molecule has 2 aromatic rings. The topological polar surface area (TPSA) is 55.2 Å². The molecule has 0 aliphatic carbocycles. The first-order valence-corrected chi connectivity index (χ1v) is 9.28. The van der Waals surface area contributed by atoms with Crippen molar-refractivity contribution in [1.82, 2.24) is 13.9 Å². The Balaban J connectivity index is 1.75. The van der Waals surface area contributed by atoms with E-state index in [4.69, 9.17) is 0 Å². The highest BCUT2D eigenvalue weighted by Crippen LogP contribution is 2.25. The average molecular weight is 337 g/mol. The molecule has 7 heteroatoms. The van der Waals surface area contributed by atoms with Crippen LogP contribution in [0.15, 0.2) is 36.7 Å². The number of hydrogen-bond acceptors (Lipinski definition) is 3. The first-order valence-electron chi connectivity index (χ1n) is 7.67. The van der Waals surface area contributed by atoms with Crippen molar-refractivity contribution in [2.45, 2.75) is 38.1 Å². The van der Waals surface area contributed by atoms with Crippen molar-refractivity contribution < 1.29 is 12.8 Å². The Bertz CT molecular complexity index is 771. The fourth-order valence-electron chi connectivity index (χ4n) is 3.06. The summed E-state index contributed by atoms with van der Waals surface area (Å²) < 4.78 is 42.0. The number of imidazole rings is 1. The van der Waals surface area contributed by atoms with Crippen molar-refractivity contribution in [3.63, 3.8) is 0 Å². The van der Waals surface area contributed by atoms with E-state index in [1.807, 2.05) is 17.7 Å². The molecule has 2 heterocycles. The second-order valence-electron chi connectivity index (χ2n) is 5.92. The van der Waals surface area contributed by atoms with Crippen LogP contribution in [0.25, 0.3) is 0 Å². The van der Waals surface area contributed by atoms with Gasteiger partial charge in [-0.25, -0.2) is 17.8 Å². The fourth-order valence-corrected chi connectivity index (χ4v) is 4.87. The van der Waals surface area contributed by atoms with Crippen molar-refractivity contribution in [2.75, 3.05) is 6.54 Å². The molecule has 1 aromatic heterocycles. The molecule has 0 N–H and O–H groups in total. The number of hydrogen-bond donors (Lipinski definition) is 0. The average Bonchev–Trinajstić information content (AvgIpc) is 3.12. The molecule has 0 saturated carbocycles. The zero-order chi connectivity index (χ0) is 16.4. The lowest BCUT2D eigenvalue weighted by Gasteiger charge is -2.25. The fraction of sp³-hybridized carbons (Fsp3) is 0.438. The molecule has 3 rings (SSSR count). The summed E-state index contributed by atoms with van der Waals surface area (Å²) in [7, 11) is -3.41. The van der Waals surface area contributed by atoms with Gasteiger partial charge in [0.2, 0.25) is 10.0 Å². The van der Waals surface area contributed by atoms with Crippen molar-refractivity contribution >= 4 is 10.0 Å². The number of rotatable bonds is 5. The van der Waals surface area contributed by atoms with Gasteiger partial charge in [0.05, 0.1) is 5.75 Å². The number of aromatic nitrogens is 2. The molecule has 0 spiro atoms. The Labute approximate surface area is 135 Å². The molecule has 5 nitrogen and oxygen atoms in total. The van der Waals surface area contributed by atoms with E-state index in [0.29, 0.717) is 18.7 Å². The van der Waals surface area contributed by atoms with Crippen LogP contribution in [-0.4, -0.2) is 34.9 Å². The van der Waals surface area contributed by atoms with Gasteiger partial charge in [-0.2, -0.15) is 4.31 Å². The van der Waals surface area contributed by atoms with Gasteiger partial charge in [-0.1, -0.05) is 12.1 Å². The molecule has 0 bridgehead atoms. The lowest BCUT2D eigenvalue weighted by atomic mass is 10.2. The van der Waals surface area contributed by atoms with E-state index >= 15 is 0 Å². The van der Waals surface area contributed by atoms with Gasteiger partial charge in [0, 0.05) is 31.5 Å². The summed E-state index contributed by atoms with van der Waals surface area (Å²) in [6.07, 6.45) is 5.31. The van der Waals surface area contributed by atoms with Gasteiger partial charge in [0.1, 0.15) is 11.6 Å². The van der Waals surface area contributed by atoms with Gasteiger partial charge in [-0.15, -0.1) is 0 Å². The first-order chi connectivity index (χ1) is 11.0. The minimum Gasteiger partial charge on any atom is -0.334 e. The van der Waals surface area contributed by atoms with Gasteiger partial charge in [-0.05, 0) is 37.5 Å². The zero-order valence-electron chi connectivity index (χ0n) is 13.0. The van der Waals surface area contributed by atoms with Crippen molar-refractivity contribution in [1.29, 1.82) is 0 Å². The number of nitrogens with zero attached hydrogens (tertiary/aromatic N) is 3. The maximum Gasteiger partial charge on any atom is 0.218 e. The summed E-state index contributed by atoms with van der Waals surface area (Å²) in [4.78, 5) is 4.18. The van der Waals surface area contributed by atoms with Crippen molar-refractivity contribution in [3.8, 4) is 0 Å². The summed E-state index contributed by atoms with van der Waals surface area (Å²) in [5, 5.41) is 0. The van der Waals surface area contributed by atoms with Crippen molar-refractivity contribution in [3.05, 3.63) is 53.9 Å². The minimum atomic E-state index is -3.41. The van der Waals surface area contributed by atoms with Crippen LogP contribution in [0.2, 0.25) is 0 Å². The number of halogens is 1. The predicted octanol–water partition coefficient (Wildman–Crippen LogP) is 2.33. The maximum atomic E-state index is 13.0. The minimum absolute atomic E-state index is 0.0478. The van der Waals surface area contributed by atoms with E-state index in [1.54, 1.807) is 10.5 Å². The van der Waals surface area contributed by atoms with Crippen molar-refractivity contribution in [2.24, 2.45) is 0 Å². The van der Waals surface area contributed by atoms with Crippen LogP contribution in [0.3, 0.4) is 0 Å². The Morgan fingerprint density at radius 3 is 2.70 bits per heavy atom. The number of sulfonamides is 1. The molecule has 1 atom stereocenters. The SMILES string of the molecule is Cc1nccn1C[C@@H]1CCCN1S(=O)(=O)Cc1ccc(F)cc1. The summed E-state index contributed by atoms with van der Waals surface area (Å²) >= 11 is 0. The third kappa shape index (κ3) is 3.61. The zero-order valence-corrected chi connectivity index (χ0v) is 13.8. The smallest absolute Gasteiger partial charge is 0.218 e. The third-order valence-corrected chi connectivity index (χ3v) is 6.17. The lowest BCUT2D eigenvalue weighted by Crippen LogP contribution is -2.38. The standard InChI is InChI=1S/C16H20FN3O2S/c1-13-18-8-10-19(13)11-16-3-2-9-20(16)23(21,22)12-14-4-6-15(17)7-5-14/h4-8,10,16H,2-3,9,11-12H2,1H3/t16-/m0/s1. The van der Waals surface area contributed by atoms with E-state index in [-0.39, 0.29) is 17.6 Å². The first kappa shape index (κ1) is 16.1. The van der Waals surface area contributed by atoms with Crippen LogP contribution < -0.4 is 0 Å². The van der Waals surface area contributed by atoms with Crippen LogP contribution in [0.1, 0.15) is 24.2 Å². The molecular weight excluding hydrogens is 317 g/mol. The molecule has 23 heavy (non-hydrogen) atoms. The second-order valence-corrected chi connectivity index (χ2v) is 7.84. The molecule has 1 aliphatic heterocycles. The molecule has 1 aromatic carbocycles. The highest BCUT2D eigenvalue weighted by Gasteiger charge is 2.34. The van der Waals surface area contributed by atoms with Crippen LogP contribution in [0, 0.1) is 12.7 Å². The monoisotopic (exact) mass is 337 g/mol. The Hall–Kier alpha value is -1.73. The van der Waals surface area contributed by atoms with E-state index < -0.39 is 10.0 Å². The Morgan fingerprint density at radius 1 is 1.30 bits per heavy atom. The summed E-state index contributed by atoms with van der Waals surface area (Å²) in [6, 6.07) is 5.59. The van der Waals surface area contributed by atoms with Gasteiger partial charge in [0.25, 0.3) is 0 Å². The van der Waals surface area contributed by atoms with E-state index in [9.17, 15) is 12.8 Å². The quantitative estimate of drug-likeness (QED) is 0.841. The Kier molecular flexibility index (Phi) is 4.50. The highest BCUT2D eigenvalue weighted by atomic mass is 32.2. The van der Waals surface area contributed by atoms with E-state index in [0.717, 1.165) is 18.7 Å². The second kappa shape index (κ2) is 6.41. The predicted molar refractivity (Wildman–Crippen MR) is 85.7 cm³/mol. The van der Waals surface area contributed by atoms with E-state index in [1.165, 1.54) is 24.3 Å². The molecule has 1 saturated heterocycles. The third-order valence-electron chi connectivity index (χ3n) is 4.27. The molecule has 1 fully saturated rings. The normalized spacial score (nSPS) is 19.3. The molecule has 0 amide bonds. The molecule has 0 radical (unpaired) electrons. The number of aryl methyl sites for hydroxylation is 1. The summed E-state index contributed by atoms with van der Waals surface area (Å²) in [5.74, 6) is 0.431.